The Hall–Kier alpha value is -3.15. The number of ether oxygens (including phenoxy) is 1. The SMILES string of the molecule is CCc1nc2ccccc2n1-c1nc(N2CCOCC2)c2nc(CN3CC(N4CCC(F)C4)C3)n(C)c2n1. The molecule has 1 aromatic carbocycles. The molecule has 7 rings (SSSR count). The minimum absolute atomic E-state index is 0.447. The summed E-state index contributed by atoms with van der Waals surface area (Å²) in [7, 11) is 2.04. The molecule has 6 heterocycles. The van der Waals surface area contributed by atoms with Crippen molar-refractivity contribution >= 4 is 28.0 Å². The van der Waals surface area contributed by atoms with Crippen molar-refractivity contribution in [3.8, 4) is 5.95 Å². The maximum Gasteiger partial charge on any atom is 0.239 e. The number of benzene rings is 1. The number of fused-ring (bicyclic) bond motifs is 2. The number of nitrogens with zero attached hydrogens (tertiary/aromatic N) is 9. The van der Waals surface area contributed by atoms with Gasteiger partial charge in [-0.2, -0.15) is 9.97 Å². The normalized spacial score (nSPS) is 21.7. The van der Waals surface area contributed by atoms with Crippen LogP contribution in [0.2, 0.25) is 0 Å². The predicted octanol–water partition coefficient (Wildman–Crippen LogP) is 2.33. The summed E-state index contributed by atoms with van der Waals surface area (Å²) in [5.41, 5.74) is 3.59. The van der Waals surface area contributed by atoms with Crippen LogP contribution in [0.15, 0.2) is 24.3 Å². The molecule has 0 spiro atoms. The number of morpholine rings is 1. The van der Waals surface area contributed by atoms with Crippen molar-refractivity contribution < 1.29 is 9.13 Å². The van der Waals surface area contributed by atoms with E-state index in [1.54, 1.807) is 0 Å². The molecule has 10 nitrogen and oxygen atoms in total. The largest absolute Gasteiger partial charge is 0.378 e. The lowest BCUT2D eigenvalue weighted by Crippen LogP contribution is -2.58. The molecule has 3 fully saturated rings. The molecule has 0 bridgehead atoms. The molecule has 3 saturated heterocycles. The first kappa shape index (κ1) is 23.9. The molecular formula is C27H34FN9O. The molecule has 1 atom stereocenters. The van der Waals surface area contributed by atoms with Crippen LogP contribution in [-0.2, 0) is 24.8 Å². The van der Waals surface area contributed by atoms with Crippen LogP contribution in [0.1, 0.15) is 25.0 Å². The van der Waals surface area contributed by atoms with Gasteiger partial charge in [-0.1, -0.05) is 19.1 Å². The van der Waals surface area contributed by atoms with Crippen LogP contribution in [0.4, 0.5) is 10.2 Å². The Morgan fingerprint density at radius 3 is 2.55 bits per heavy atom. The van der Waals surface area contributed by atoms with Gasteiger partial charge >= 0.3 is 0 Å². The van der Waals surface area contributed by atoms with Gasteiger partial charge in [0.1, 0.15) is 17.8 Å². The number of anilines is 1. The van der Waals surface area contributed by atoms with Crippen molar-refractivity contribution in [1.29, 1.82) is 0 Å². The van der Waals surface area contributed by atoms with Gasteiger partial charge in [0, 0.05) is 58.8 Å². The summed E-state index contributed by atoms with van der Waals surface area (Å²) in [4.78, 5) is 27.1. The molecule has 0 saturated carbocycles. The molecular weight excluding hydrogens is 485 g/mol. The Labute approximate surface area is 221 Å². The highest BCUT2D eigenvalue weighted by Crippen LogP contribution is 2.30. The van der Waals surface area contributed by atoms with Crippen LogP contribution < -0.4 is 4.90 Å². The smallest absolute Gasteiger partial charge is 0.239 e. The second-order valence-electron chi connectivity index (χ2n) is 10.6. The first-order valence-electron chi connectivity index (χ1n) is 13.7. The van der Waals surface area contributed by atoms with Gasteiger partial charge in [0.15, 0.2) is 17.0 Å². The second-order valence-corrected chi connectivity index (χ2v) is 10.6. The maximum absolute atomic E-state index is 13.7. The summed E-state index contributed by atoms with van der Waals surface area (Å²) in [6.07, 6.45) is 0.769. The van der Waals surface area contributed by atoms with Crippen molar-refractivity contribution in [3.05, 3.63) is 35.9 Å². The summed E-state index contributed by atoms with van der Waals surface area (Å²) < 4.78 is 23.5. The monoisotopic (exact) mass is 519 g/mol. The number of aryl methyl sites for hydroxylation is 2. The van der Waals surface area contributed by atoms with Crippen LogP contribution in [0.3, 0.4) is 0 Å². The highest BCUT2D eigenvalue weighted by molar-refractivity contribution is 5.86. The lowest BCUT2D eigenvalue weighted by atomic mass is 10.1. The maximum atomic E-state index is 13.7. The molecule has 3 aliphatic heterocycles. The first-order valence-corrected chi connectivity index (χ1v) is 13.7. The van der Waals surface area contributed by atoms with E-state index in [4.69, 9.17) is 24.7 Å². The van der Waals surface area contributed by atoms with Crippen molar-refractivity contribution in [2.45, 2.75) is 38.5 Å². The zero-order valence-corrected chi connectivity index (χ0v) is 22.1. The Bertz CT molecular complexity index is 1470. The number of rotatable bonds is 6. The molecule has 11 heteroatoms. The highest BCUT2D eigenvalue weighted by atomic mass is 19.1. The van der Waals surface area contributed by atoms with Crippen molar-refractivity contribution in [1.82, 2.24) is 38.9 Å². The highest BCUT2D eigenvalue weighted by Gasteiger charge is 2.36. The molecule has 3 aromatic heterocycles. The fraction of sp³-hybridized carbons (Fsp3) is 0.556. The average molecular weight is 520 g/mol. The minimum atomic E-state index is -0.670. The van der Waals surface area contributed by atoms with E-state index in [1.165, 1.54) is 0 Å². The van der Waals surface area contributed by atoms with E-state index in [0.29, 0.717) is 38.2 Å². The Morgan fingerprint density at radius 2 is 1.79 bits per heavy atom. The Balaban J connectivity index is 1.26. The summed E-state index contributed by atoms with van der Waals surface area (Å²) in [5, 5.41) is 0. The lowest BCUT2D eigenvalue weighted by molar-refractivity contribution is 0.0368. The third-order valence-electron chi connectivity index (χ3n) is 8.22. The van der Waals surface area contributed by atoms with E-state index in [2.05, 4.69) is 36.8 Å². The topological polar surface area (TPSA) is 80.4 Å². The summed E-state index contributed by atoms with van der Waals surface area (Å²) in [6.45, 7) is 9.06. The van der Waals surface area contributed by atoms with Gasteiger partial charge in [-0.15, -0.1) is 0 Å². The lowest BCUT2D eigenvalue weighted by Gasteiger charge is -2.43. The second kappa shape index (κ2) is 9.55. The molecule has 0 aliphatic carbocycles. The van der Waals surface area contributed by atoms with E-state index >= 15 is 0 Å². The standard InChI is InChI=1S/C27H34FN9O/c1-3-22-29-20-6-4-5-7-21(20)37(22)27-31-25-24(26(32-27)35-10-12-38-13-11-35)30-23(33(25)2)17-34-15-19(16-34)36-9-8-18(28)14-36/h4-7,18-19H,3,8-17H2,1-2H3. The van der Waals surface area contributed by atoms with Gasteiger partial charge < -0.3 is 14.2 Å². The van der Waals surface area contributed by atoms with Crippen molar-refractivity contribution in [2.24, 2.45) is 7.05 Å². The van der Waals surface area contributed by atoms with Gasteiger partial charge in [-0.05, 0) is 18.6 Å². The van der Waals surface area contributed by atoms with Gasteiger partial charge in [-0.25, -0.2) is 14.4 Å². The fourth-order valence-corrected chi connectivity index (χ4v) is 6.03. The molecule has 0 amide bonds. The molecule has 38 heavy (non-hydrogen) atoms. The van der Waals surface area contributed by atoms with E-state index in [0.717, 1.165) is 85.4 Å². The van der Waals surface area contributed by atoms with Crippen LogP contribution >= 0.6 is 0 Å². The first-order chi connectivity index (χ1) is 18.6. The van der Waals surface area contributed by atoms with Crippen molar-refractivity contribution in [3.63, 3.8) is 0 Å². The number of halogens is 1. The summed E-state index contributed by atoms with van der Waals surface area (Å²) in [5.74, 6) is 3.38. The predicted molar refractivity (Wildman–Crippen MR) is 143 cm³/mol. The minimum Gasteiger partial charge on any atom is -0.378 e. The summed E-state index contributed by atoms with van der Waals surface area (Å²) >= 11 is 0. The third kappa shape index (κ3) is 4.04. The van der Waals surface area contributed by atoms with E-state index in [1.807, 2.05) is 25.2 Å². The van der Waals surface area contributed by atoms with E-state index < -0.39 is 6.17 Å². The molecule has 200 valence electrons. The van der Waals surface area contributed by atoms with Crippen LogP contribution in [0, 0.1) is 0 Å². The van der Waals surface area contributed by atoms with Gasteiger partial charge in [-0.3, -0.25) is 14.4 Å². The number of likely N-dealkylation sites (tertiary alicyclic amines) is 2. The van der Waals surface area contributed by atoms with Crippen LogP contribution in [0.25, 0.3) is 28.1 Å². The molecule has 1 unspecified atom stereocenters. The van der Waals surface area contributed by atoms with Gasteiger partial charge in [0.05, 0.1) is 30.8 Å². The Kier molecular flexibility index (Phi) is 6.01. The van der Waals surface area contributed by atoms with Crippen molar-refractivity contribution in [2.75, 3.05) is 57.4 Å². The number of hydrogen-bond acceptors (Lipinski definition) is 8. The molecule has 0 radical (unpaired) electrons. The number of alkyl halides is 1. The van der Waals surface area contributed by atoms with Gasteiger partial charge in [0.2, 0.25) is 5.95 Å². The van der Waals surface area contributed by atoms with E-state index in [9.17, 15) is 4.39 Å². The van der Waals surface area contributed by atoms with Gasteiger partial charge in [0.25, 0.3) is 0 Å². The molecule has 0 N–H and O–H groups in total. The third-order valence-corrected chi connectivity index (χ3v) is 8.22. The number of para-hydroxylation sites is 2. The van der Waals surface area contributed by atoms with Crippen LogP contribution in [-0.4, -0.2) is 104 Å². The summed E-state index contributed by atoms with van der Waals surface area (Å²) in [6, 6.07) is 8.59. The fourth-order valence-electron chi connectivity index (χ4n) is 6.03. The number of aromatic nitrogens is 6. The number of hydrogen-bond donors (Lipinski definition) is 0. The number of imidazole rings is 2. The average Bonchev–Trinajstić information content (AvgIpc) is 3.61. The molecule has 3 aliphatic rings. The van der Waals surface area contributed by atoms with E-state index in [-0.39, 0.29) is 0 Å². The quantitative estimate of drug-likeness (QED) is 0.384. The zero-order chi connectivity index (χ0) is 25.8. The molecule has 4 aromatic rings. The Morgan fingerprint density at radius 1 is 0.974 bits per heavy atom. The van der Waals surface area contributed by atoms with Crippen LogP contribution in [0.5, 0.6) is 0 Å². The zero-order valence-electron chi connectivity index (χ0n) is 22.1.